The van der Waals surface area contributed by atoms with E-state index in [-0.39, 0.29) is 0 Å². The number of hydrogen-bond acceptors (Lipinski definition) is 4. The van der Waals surface area contributed by atoms with Gasteiger partial charge in [0.1, 0.15) is 0 Å². The van der Waals surface area contributed by atoms with Gasteiger partial charge in [0.25, 0.3) is 0 Å². The Morgan fingerprint density at radius 2 is 2.00 bits per heavy atom. The van der Waals surface area contributed by atoms with Crippen molar-refractivity contribution < 1.29 is 8.42 Å². The molecule has 1 fully saturated rings. The molecule has 1 unspecified atom stereocenters. The Kier molecular flexibility index (Phi) is 5.24. The molecule has 0 radical (unpaired) electrons. The van der Waals surface area contributed by atoms with Crippen molar-refractivity contribution >= 4 is 15.7 Å². The quantitative estimate of drug-likeness (QED) is 0.837. The van der Waals surface area contributed by atoms with Gasteiger partial charge >= 0.3 is 0 Å². The molecule has 0 spiro atoms. The SMILES string of the molecule is CNS(=O)(=O)c1ccc(N(CC2CCCN2)C(C)C)cc1. The summed E-state index contributed by atoms with van der Waals surface area (Å²) in [6, 6.07) is 8.00. The maximum absolute atomic E-state index is 11.8. The van der Waals surface area contributed by atoms with Gasteiger partial charge in [-0.05, 0) is 64.5 Å². The van der Waals surface area contributed by atoms with Gasteiger partial charge in [-0.1, -0.05) is 0 Å². The highest BCUT2D eigenvalue weighted by Gasteiger charge is 2.20. The summed E-state index contributed by atoms with van der Waals surface area (Å²) in [6.07, 6.45) is 2.44. The minimum absolute atomic E-state index is 0.302. The van der Waals surface area contributed by atoms with Crippen LogP contribution in [0.2, 0.25) is 0 Å². The van der Waals surface area contributed by atoms with E-state index in [9.17, 15) is 8.42 Å². The largest absolute Gasteiger partial charge is 0.368 e. The van der Waals surface area contributed by atoms with Gasteiger partial charge < -0.3 is 10.2 Å². The fraction of sp³-hybridized carbons (Fsp3) is 0.600. The Bertz CT molecular complexity index is 549. The normalized spacial score (nSPS) is 19.1. The van der Waals surface area contributed by atoms with Gasteiger partial charge in [0.15, 0.2) is 0 Å². The predicted molar refractivity (Wildman–Crippen MR) is 86.2 cm³/mol. The summed E-state index contributed by atoms with van der Waals surface area (Å²) in [7, 11) is -1.94. The van der Waals surface area contributed by atoms with E-state index < -0.39 is 10.0 Å². The van der Waals surface area contributed by atoms with Crippen molar-refractivity contribution in [1.82, 2.24) is 10.0 Å². The zero-order chi connectivity index (χ0) is 15.5. The van der Waals surface area contributed by atoms with Crippen LogP contribution in [0, 0.1) is 0 Å². The standard InChI is InChI=1S/C15H25N3O2S/c1-12(2)18(11-13-5-4-10-17-13)14-6-8-15(9-7-14)21(19,20)16-3/h6-9,12-13,16-17H,4-5,10-11H2,1-3H3. The molecule has 1 saturated heterocycles. The van der Waals surface area contributed by atoms with E-state index in [1.165, 1.54) is 19.9 Å². The van der Waals surface area contributed by atoms with Gasteiger partial charge in [0, 0.05) is 24.3 Å². The van der Waals surface area contributed by atoms with Crippen LogP contribution in [0.3, 0.4) is 0 Å². The average molecular weight is 311 g/mol. The molecule has 0 amide bonds. The Balaban J connectivity index is 2.17. The molecule has 2 rings (SSSR count). The van der Waals surface area contributed by atoms with Crippen LogP contribution >= 0.6 is 0 Å². The molecule has 1 heterocycles. The summed E-state index contributed by atoms with van der Waals surface area (Å²) in [4.78, 5) is 2.62. The van der Waals surface area contributed by atoms with Crippen LogP contribution in [0.25, 0.3) is 0 Å². The highest BCUT2D eigenvalue weighted by atomic mass is 32.2. The van der Waals surface area contributed by atoms with Crippen LogP contribution in [0.5, 0.6) is 0 Å². The lowest BCUT2D eigenvalue weighted by Crippen LogP contribution is -2.41. The number of nitrogens with zero attached hydrogens (tertiary/aromatic N) is 1. The fourth-order valence-electron chi connectivity index (χ4n) is 2.70. The van der Waals surface area contributed by atoms with Crippen LogP contribution in [-0.4, -0.2) is 40.6 Å². The molecular formula is C15H25N3O2S. The summed E-state index contributed by atoms with van der Waals surface area (Å²) >= 11 is 0. The summed E-state index contributed by atoms with van der Waals surface area (Å²) in [5.74, 6) is 0. The van der Waals surface area contributed by atoms with Crippen LogP contribution in [0.4, 0.5) is 5.69 Å². The molecule has 5 nitrogen and oxygen atoms in total. The van der Waals surface area contributed by atoms with Crippen molar-refractivity contribution in [3.8, 4) is 0 Å². The molecule has 6 heteroatoms. The molecule has 0 aliphatic carbocycles. The number of nitrogens with one attached hydrogen (secondary N) is 2. The molecule has 0 bridgehead atoms. The number of anilines is 1. The Morgan fingerprint density at radius 1 is 1.33 bits per heavy atom. The van der Waals surface area contributed by atoms with Gasteiger partial charge in [0.2, 0.25) is 10.0 Å². The lowest BCUT2D eigenvalue weighted by molar-refractivity contribution is 0.552. The van der Waals surface area contributed by atoms with Crippen molar-refractivity contribution in [1.29, 1.82) is 0 Å². The minimum atomic E-state index is -3.36. The molecule has 1 atom stereocenters. The Hall–Kier alpha value is -1.11. The fourth-order valence-corrected chi connectivity index (χ4v) is 3.43. The molecule has 21 heavy (non-hydrogen) atoms. The second-order valence-electron chi connectivity index (χ2n) is 5.74. The van der Waals surface area contributed by atoms with Crippen LogP contribution in [-0.2, 0) is 10.0 Å². The first kappa shape index (κ1) is 16.3. The van der Waals surface area contributed by atoms with Gasteiger partial charge in [-0.2, -0.15) is 0 Å². The van der Waals surface area contributed by atoms with Crippen molar-refractivity contribution in [2.45, 2.75) is 43.7 Å². The van der Waals surface area contributed by atoms with Crippen LogP contribution in [0.1, 0.15) is 26.7 Å². The maximum Gasteiger partial charge on any atom is 0.240 e. The molecular weight excluding hydrogens is 286 g/mol. The summed E-state index contributed by atoms with van der Waals surface area (Å²) in [5.41, 5.74) is 1.06. The van der Waals surface area contributed by atoms with E-state index in [4.69, 9.17) is 0 Å². The summed E-state index contributed by atoms with van der Waals surface area (Å²) in [5, 5.41) is 3.51. The number of benzene rings is 1. The molecule has 1 aliphatic rings. The summed E-state index contributed by atoms with van der Waals surface area (Å²) in [6.45, 7) is 6.37. The average Bonchev–Trinajstić information content (AvgIpc) is 2.97. The molecule has 1 aliphatic heterocycles. The van der Waals surface area contributed by atoms with Crippen molar-refractivity contribution in [2.24, 2.45) is 0 Å². The van der Waals surface area contributed by atoms with Gasteiger partial charge in [-0.25, -0.2) is 13.1 Å². The minimum Gasteiger partial charge on any atom is -0.368 e. The first-order chi connectivity index (χ1) is 9.94. The molecule has 0 aromatic heterocycles. The lowest BCUT2D eigenvalue weighted by Gasteiger charge is -2.31. The van der Waals surface area contributed by atoms with Crippen LogP contribution < -0.4 is 14.9 Å². The van der Waals surface area contributed by atoms with E-state index in [1.54, 1.807) is 12.1 Å². The zero-order valence-corrected chi connectivity index (χ0v) is 13.8. The van der Waals surface area contributed by atoms with Gasteiger partial charge in [-0.3, -0.25) is 0 Å². The monoisotopic (exact) mass is 311 g/mol. The van der Waals surface area contributed by atoms with Crippen molar-refractivity contribution in [2.75, 3.05) is 25.0 Å². The van der Waals surface area contributed by atoms with Crippen LogP contribution in [0.15, 0.2) is 29.2 Å². The molecule has 0 saturated carbocycles. The highest BCUT2D eigenvalue weighted by molar-refractivity contribution is 7.89. The van der Waals surface area contributed by atoms with Gasteiger partial charge in [-0.15, -0.1) is 0 Å². The van der Waals surface area contributed by atoms with Crippen molar-refractivity contribution in [3.63, 3.8) is 0 Å². The van der Waals surface area contributed by atoms with E-state index in [0.29, 0.717) is 17.0 Å². The first-order valence-corrected chi connectivity index (χ1v) is 8.96. The second-order valence-corrected chi connectivity index (χ2v) is 7.63. The van der Waals surface area contributed by atoms with Gasteiger partial charge in [0.05, 0.1) is 4.90 Å². The Morgan fingerprint density at radius 3 is 2.48 bits per heavy atom. The maximum atomic E-state index is 11.8. The number of sulfonamides is 1. The first-order valence-electron chi connectivity index (χ1n) is 7.47. The van der Waals surface area contributed by atoms with E-state index in [2.05, 4.69) is 28.8 Å². The summed E-state index contributed by atoms with van der Waals surface area (Å²) < 4.78 is 25.9. The third-order valence-corrected chi connectivity index (χ3v) is 5.38. The van der Waals surface area contributed by atoms with E-state index in [1.807, 2.05) is 12.1 Å². The van der Waals surface area contributed by atoms with Crippen molar-refractivity contribution in [3.05, 3.63) is 24.3 Å². The second kappa shape index (κ2) is 6.77. The molecule has 1 aromatic rings. The Labute approximate surface area is 127 Å². The zero-order valence-electron chi connectivity index (χ0n) is 13.0. The topological polar surface area (TPSA) is 61.4 Å². The number of rotatable bonds is 6. The lowest BCUT2D eigenvalue weighted by atomic mass is 10.1. The third-order valence-electron chi connectivity index (χ3n) is 3.95. The molecule has 2 N–H and O–H groups in total. The molecule has 118 valence electrons. The van der Waals surface area contributed by atoms with E-state index >= 15 is 0 Å². The smallest absolute Gasteiger partial charge is 0.240 e. The van der Waals surface area contributed by atoms with E-state index in [0.717, 1.165) is 18.8 Å². The highest BCUT2D eigenvalue weighted by Crippen LogP contribution is 2.21. The predicted octanol–water partition coefficient (Wildman–Crippen LogP) is 1.56. The molecule has 1 aromatic carbocycles. The third kappa shape index (κ3) is 3.96. The number of hydrogen-bond donors (Lipinski definition) is 2.